The number of halogens is 2. The number of hydrogen-bond donors (Lipinski definition) is 2. The molecule has 1 rings (SSSR count). The van der Waals surface area contributed by atoms with Gasteiger partial charge in [0.05, 0.1) is 6.54 Å². The molecule has 0 aromatic heterocycles. The average molecular weight is 379 g/mol. The summed E-state index contributed by atoms with van der Waals surface area (Å²) in [7, 11) is 0. The number of benzene rings is 1. The lowest BCUT2D eigenvalue weighted by Crippen LogP contribution is -2.34. The van der Waals surface area contributed by atoms with E-state index in [1.165, 1.54) is 12.1 Å². The van der Waals surface area contributed by atoms with Gasteiger partial charge in [-0.3, -0.25) is 4.99 Å². The molecule has 0 fully saturated rings. The fourth-order valence-electron chi connectivity index (χ4n) is 1.58. The summed E-state index contributed by atoms with van der Waals surface area (Å²) in [6.45, 7) is 7.60. The highest BCUT2D eigenvalue weighted by atomic mass is 127. The lowest BCUT2D eigenvalue weighted by molar-refractivity contribution is 0.536. The first-order valence-corrected chi connectivity index (χ1v) is 6.25. The van der Waals surface area contributed by atoms with E-state index < -0.39 is 0 Å². The van der Waals surface area contributed by atoms with Crippen molar-refractivity contribution in [1.29, 1.82) is 0 Å². The minimum absolute atomic E-state index is 0. The van der Waals surface area contributed by atoms with Crippen LogP contribution in [0.3, 0.4) is 0 Å². The van der Waals surface area contributed by atoms with E-state index in [0.717, 1.165) is 18.5 Å². The van der Waals surface area contributed by atoms with Gasteiger partial charge in [-0.25, -0.2) is 4.39 Å². The molecule has 5 heteroatoms. The van der Waals surface area contributed by atoms with Crippen LogP contribution in [0.1, 0.15) is 32.8 Å². The Morgan fingerprint density at radius 1 is 1.32 bits per heavy atom. The van der Waals surface area contributed by atoms with Gasteiger partial charge in [-0.2, -0.15) is 0 Å². The molecule has 1 aromatic rings. The maximum atomic E-state index is 12.9. The summed E-state index contributed by atoms with van der Waals surface area (Å²) in [4.78, 5) is 4.32. The van der Waals surface area contributed by atoms with E-state index in [1.807, 2.05) is 0 Å². The van der Waals surface area contributed by atoms with E-state index in [9.17, 15) is 4.39 Å². The fourth-order valence-corrected chi connectivity index (χ4v) is 1.58. The van der Waals surface area contributed by atoms with Crippen molar-refractivity contribution in [2.24, 2.45) is 10.7 Å². The van der Waals surface area contributed by atoms with Crippen LogP contribution < -0.4 is 11.1 Å². The molecule has 0 atom stereocenters. The highest BCUT2D eigenvalue weighted by Crippen LogP contribution is 2.23. The number of nitrogens with two attached hydrogens (primary N) is 1. The van der Waals surface area contributed by atoms with Crippen molar-refractivity contribution in [1.82, 2.24) is 5.32 Å². The number of nitrogens with one attached hydrogen (secondary N) is 1. The van der Waals surface area contributed by atoms with Crippen LogP contribution in [-0.2, 0) is 5.41 Å². The zero-order valence-corrected chi connectivity index (χ0v) is 14.1. The molecule has 3 nitrogen and oxygen atoms in total. The molecule has 1 aromatic carbocycles. The number of guanidine groups is 1. The monoisotopic (exact) mass is 379 g/mol. The summed E-state index contributed by atoms with van der Waals surface area (Å²) < 4.78 is 12.9. The van der Waals surface area contributed by atoms with E-state index in [4.69, 9.17) is 5.73 Å². The Morgan fingerprint density at radius 2 is 1.89 bits per heavy atom. The molecule has 0 aliphatic rings. The van der Waals surface area contributed by atoms with Gasteiger partial charge >= 0.3 is 0 Å². The second-order valence-corrected chi connectivity index (χ2v) is 5.02. The summed E-state index contributed by atoms with van der Waals surface area (Å²) in [5.41, 5.74) is 6.64. The molecule has 0 saturated carbocycles. The van der Waals surface area contributed by atoms with Gasteiger partial charge in [0.25, 0.3) is 0 Å². The van der Waals surface area contributed by atoms with Crippen LogP contribution in [0, 0.1) is 5.82 Å². The minimum atomic E-state index is -0.220. The third-order valence-corrected chi connectivity index (χ3v) is 2.83. The molecule has 0 heterocycles. The van der Waals surface area contributed by atoms with Crippen LogP contribution in [0.5, 0.6) is 0 Å². The maximum Gasteiger partial charge on any atom is 0.188 e. The summed E-state index contributed by atoms with van der Waals surface area (Å²) >= 11 is 0. The van der Waals surface area contributed by atoms with Gasteiger partial charge < -0.3 is 11.1 Å². The molecule has 0 amide bonds. The molecule has 3 N–H and O–H groups in total. The first kappa shape index (κ1) is 18.1. The van der Waals surface area contributed by atoms with Crippen molar-refractivity contribution in [2.45, 2.75) is 32.6 Å². The highest BCUT2D eigenvalue weighted by molar-refractivity contribution is 14.0. The molecular formula is C14H23FIN3. The molecule has 0 aliphatic heterocycles. The van der Waals surface area contributed by atoms with Crippen molar-refractivity contribution >= 4 is 29.9 Å². The Kier molecular flexibility index (Phi) is 7.97. The molecule has 0 radical (unpaired) electrons. The van der Waals surface area contributed by atoms with Crippen LogP contribution in [0.25, 0.3) is 0 Å². The highest BCUT2D eigenvalue weighted by Gasteiger charge is 2.20. The van der Waals surface area contributed by atoms with E-state index in [-0.39, 0.29) is 35.2 Å². The van der Waals surface area contributed by atoms with Gasteiger partial charge in [-0.1, -0.05) is 32.9 Å². The quantitative estimate of drug-likeness (QED) is 0.470. The Labute approximate surface area is 131 Å². The van der Waals surface area contributed by atoms with Gasteiger partial charge in [0.15, 0.2) is 5.96 Å². The summed E-state index contributed by atoms with van der Waals surface area (Å²) in [6, 6.07) is 6.53. The van der Waals surface area contributed by atoms with Crippen molar-refractivity contribution in [3.63, 3.8) is 0 Å². The van der Waals surface area contributed by atoms with Crippen LogP contribution in [0.15, 0.2) is 29.3 Å². The number of aliphatic imine (C=N–C) groups is 1. The first-order chi connectivity index (χ1) is 8.45. The third-order valence-electron chi connectivity index (χ3n) is 2.83. The van der Waals surface area contributed by atoms with Crippen molar-refractivity contribution < 1.29 is 4.39 Å². The Balaban J connectivity index is 0.00000324. The first-order valence-electron chi connectivity index (χ1n) is 6.25. The minimum Gasteiger partial charge on any atom is -0.370 e. The second kappa shape index (κ2) is 8.35. The number of rotatable bonds is 5. The standard InChI is InChI=1S/C14H22FN3.HI/c1-4-9-17-13(16)18-10-14(2,3)11-5-7-12(15)8-6-11;/h5-8H,4,9-10H2,1-3H3,(H3,16,17,18);1H. The fraction of sp³-hybridized carbons (Fsp3) is 0.500. The van der Waals surface area contributed by atoms with E-state index >= 15 is 0 Å². The zero-order chi connectivity index (χ0) is 13.6. The average Bonchev–Trinajstić information content (AvgIpc) is 2.34. The Morgan fingerprint density at radius 3 is 2.42 bits per heavy atom. The molecule has 0 unspecified atom stereocenters. The van der Waals surface area contributed by atoms with Gasteiger partial charge in [0, 0.05) is 12.0 Å². The molecule has 0 aliphatic carbocycles. The van der Waals surface area contributed by atoms with Crippen LogP contribution in [-0.4, -0.2) is 19.0 Å². The Hall–Kier alpha value is -0.850. The predicted octanol–water partition coefficient (Wildman–Crippen LogP) is 3.04. The summed E-state index contributed by atoms with van der Waals surface area (Å²) in [5.74, 6) is 0.245. The predicted molar refractivity (Wildman–Crippen MR) is 89.6 cm³/mol. The smallest absolute Gasteiger partial charge is 0.188 e. The molecule has 0 bridgehead atoms. The van der Waals surface area contributed by atoms with Crippen LogP contribution in [0.4, 0.5) is 4.39 Å². The maximum absolute atomic E-state index is 12.9. The third kappa shape index (κ3) is 6.22. The van der Waals surface area contributed by atoms with Crippen LogP contribution >= 0.6 is 24.0 Å². The van der Waals surface area contributed by atoms with Gasteiger partial charge in [0.1, 0.15) is 5.82 Å². The lowest BCUT2D eigenvalue weighted by atomic mass is 9.85. The van der Waals surface area contributed by atoms with Gasteiger partial charge in [-0.05, 0) is 24.1 Å². The normalized spacial score (nSPS) is 11.9. The van der Waals surface area contributed by atoms with Gasteiger partial charge in [0.2, 0.25) is 0 Å². The molecular weight excluding hydrogens is 356 g/mol. The van der Waals surface area contributed by atoms with Crippen molar-refractivity contribution in [2.75, 3.05) is 13.1 Å². The summed E-state index contributed by atoms with van der Waals surface area (Å²) in [6.07, 6.45) is 1.01. The van der Waals surface area contributed by atoms with Crippen molar-refractivity contribution in [3.8, 4) is 0 Å². The van der Waals surface area contributed by atoms with Gasteiger partial charge in [-0.15, -0.1) is 24.0 Å². The second-order valence-electron chi connectivity index (χ2n) is 5.02. The SMILES string of the molecule is CCCNC(N)=NCC(C)(C)c1ccc(F)cc1.I. The van der Waals surface area contributed by atoms with Crippen molar-refractivity contribution in [3.05, 3.63) is 35.6 Å². The summed E-state index contributed by atoms with van der Waals surface area (Å²) in [5, 5.41) is 3.03. The van der Waals surface area contributed by atoms with Crippen LogP contribution in [0.2, 0.25) is 0 Å². The van der Waals surface area contributed by atoms with E-state index in [1.54, 1.807) is 12.1 Å². The number of hydrogen-bond acceptors (Lipinski definition) is 1. The molecule has 108 valence electrons. The zero-order valence-electron chi connectivity index (χ0n) is 11.7. The largest absolute Gasteiger partial charge is 0.370 e. The molecule has 19 heavy (non-hydrogen) atoms. The topological polar surface area (TPSA) is 50.4 Å². The Bertz CT molecular complexity index is 402. The van der Waals surface area contributed by atoms with E-state index in [0.29, 0.717) is 12.5 Å². The number of nitrogens with zero attached hydrogens (tertiary/aromatic N) is 1. The molecule has 0 spiro atoms. The molecule has 0 saturated heterocycles. The lowest BCUT2D eigenvalue weighted by Gasteiger charge is -2.23. The van der Waals surface area contributed by atoms with E-state index in [2.05, 4.69) is 31.1 Å².